The summed E-state index contributed by atoms with van der Waals surface area (Å²) >= 11 is 0. The zero-order chi connectivity index (χ0) is 13.0. The van der Waals surface area contributed by atoms with E-state index in [1.54, 1.807) is 18.2 Å². The van der Waals surface area contributed by atoms with Gasteiger partial charge in [0, 0.05) is 0 Å². The number of carbonyl (C=O) groups excluding carboxylic acids is 1. The Labute approximate surface area is 103 Å². The van der Waals surface area contributed by atoms with E-state index in [0.717, 1.165) is 0 Å². The predicted octanol–water partition coefficient (Wildman–Crippen LogP) is 0.435. The van der Waals surface area contributed by atoms with E-state index in [-0.39, 0.29) is 19.1 Å². The van der Waals surface area contributed by atoms with Gasteiger partial charge in [-0.3, -0.25) is 0 Å². The molecule has 18 heavy (non-hydrogen) atoms. The molecule has 1 saturated heterocycles. The molecule has 0 saturated carbocycles. The Morgan fingerprint density at radius 1 is 1.17 bits per heavy atom. The summed E-state index contributed by atoms with van der Waals surface area (Å²) in [5.41, 5.74) is -1.54. The van der Waals surface area contributed by atoms with E-state index in [1.807, 2.05) is 0 Å². The van der Waals surface area contributed by atoms with Gasteiger partial charge in [-0.15, -0.1) is 0 Å². The molecule has 0 radical (unpaired) electrons. The number of ether oxygens (including phenoxy) is 3. The molecule has 2 rings (SSSR count). The molecule has 1 aliphatic heterocycles. The summed E-state index contributed by atoms with van der Waals surface area (Å²) in [6.07, 6.45) is 0. The van der Waals surface area contributed by atoms with Crippen molar-refractivity contribution in [3.05, 3.63) is 35.9 Å². The molecule has 0 N–H and O–H groups in total. The average Bonchev–Trinajstić information content (AvgIpc) is 2.40. The molecule has 1 aromatic rings. The first kappa shape index (κ1) is 13.0. The molecule has 98 valence electrons. The van der Waals surface area contributed by atoms with Gasteiger partial charge in [-0.2, -0.15) is 8.42 Å². The van der Waals surface area contributed by atoms with E-state index in [1.165, 1.54) is 12.1 Å². The monoisotopic (exact) mass is 274 g/mol. The fraction of sp³-hybridized carbons (Fsp3) is 0.300. The molecule has 1 heterocycles. The van der Waals surface area contributed by atoms with Crippen LogP contribution in [0.2, 0.25) is 0 Å². The Bertz CT molecular complexity index is 504. The summed E-state index contributed by atoms with van der Waals surface area (Å²) in [6.45, 7) is -0.487. The summed E-state index contributed by atoms with van der Waals surface area (Å²) < 4.78 is 41.6. The van der Waals surface area contributed by atoms with E-state index in [0.29, 0.717) is 0 Å². The van der Waals surface area contributed by atoms with Gasteiger partial charge in [0.05, 0.1) is 5.56 Å². The van der Waals surface area contributed by atoms with E-state index >= 15 is 0 Å². The number of hydrogen-bond acceptors (Lipinski definition) is 7. The first-order chi connectivity index (χ1) is 8.59. The minimum absolute atomic E-state index is 0.119. The van der Waals surface area contributed by atoms with E-state index < -0.39 is 21.7 Å². The Balaban J connectivity index is 2.06. The van der Waals surface area contributed by atoms with Crippen LogP contribution in [0.25, 0.3) is 0 Å². The third-order valence-electron chi connectivity index (χ3n) is 2.01. The normalized spacial score (nSPS) is 17.3. The summed E-state index contributed by atoms with van der Waals surface area (Å²) in [7, 11) is -4.30. The third kappa shape index (κ3) is 3.05. The lowest BCUT2D eigenvalue weighted by Crippen LogP contribution is -2.36. The molecule has 1 fully saturated rings. The molecule has 0 spiro atoms. The van der Waals surface area contributed by atoms with Gasteiger partial charge < -0.3 is 18.4 Å². The van der Waals surface area contributed by atoms with Crippen LogP contribution in [-0.2, 0) is 28.5 Å². The van der Waals surface area contributed by atoms with Crippen molar-refractivity contribution in [2.24, 2.45) is 0 Å². The van der Waals surface area contributed by atoms with Crippen LogP contribution in [0.5, 0.6) is 0 Å². The van der Waals surface area contributed by atoms with E-state index in [4.69, 9.17) is 0 Å². The molecule has 0 atom stereocenters. The standard InChI is InChI=1S/C10H10O7S/c11-9(8-4-2-1-3-5-8)17-18(12,13)10-15-6-14-7-16-10/h1-5,10H,6-7H2. The van der Waals surface area contributed by atoms with Crippen LogP contribution in [-0.4, -0.2) is 33.6 Å². The zero-order valence-corrected chi connectivity index (χ0v) is 9.96. The van der Waals surface area contributed by atoms with Gasteiger partial charge >= 0.3 is 21.7 Å². The van der Waals surface area contributed by atoms with Gasteiger partial charge in [0.1, 0.15) is 0 Å². The molecule has 0 amide bonds. The van der Waals surface area contributed by atoms with Crippen molar-refractivity contribution >= 4 is 16.1 Å². The molecule has 7 nitrogen and oxygen atoms in total. The third-order valence-corrected chi connectivity index (χ3v) is 3.14. The van der Waals surface area contributed by atoms with Crippen LogP contribution < -0.4 is 0 Å². The van der Waals surface area contributed by atoms with Crippen molar-refractivity contribution in [2.75, 3.05) is 13.6 Å². The van der Waals surface area contributed by atoms with Gasteiger partial charge in [-0.05, 0) is 12.1 Å². The summed E-state index contributed by atoms with van der Waals surface area (Å²) in [5.74, 6) is -0.991. The molecule has 0 aliphatic carbocycles. The highest BCUT2D eigenvalue weighted by Gasteiger charge is 2.34. The maximum Gasteiger partial charge on any atom is 0.366 e. The van der Waals surface area contributed by atoms with E-state index in [9.17, 15) is 13.2 Å². The van der Waals surface area contributed by atoms with Crippen molar-refractivity contribution < 1.29 is 31.6 Å². The topological polar surface area (TPSA) is 88.1 Å². The lowest BCUT2D eigenvalue weighted by molar-refractivity contribution is -0.268. The predicted molar refractivity (Wildman–Crippen MR) is 57.6 cm³/mol. The maximum atomic E-state index is 11.6. The lowest BCUT2D eigenvalue weighted by Gasteiger charge is -2.21. The summed E-state index contributed by atoms with van der Waals surface area (Å²) in [6, 6.07) is 7.73. The minimum Gasteiger partial charge on any atom is -0.338 e. The molecule has 8 heteroatoms. The average molecular weight is 274 g/mol. The Kier molecular flexibility index (Phi) is 3.92. The second-order valence-electron chi connectivity index (χ2n) is 3.29. The number of benzene rings is 1. The Morgan fingerprint density at radius 2 is 1.78 bits per heavy atom. The Hall–Kier alpha value is -1.48. The second-order valence-corrected chi connectivity index (χ2v) is 4.83. The smallest absolute Gasteiger partial charge is 0.338 e. The van der Waals surface area contributed by atoms with Crippen LogP contribution in [0.4, 0.5) is 0 Å². The van der Waals surface area contributed by atoms with Crippen LogP contribution in [0.3, 0.4) is 0 Å². The molecule has 0 aromatic heterocycles. The molecule has 1 aromatic carbocycles. The van der Waals surface area contributed by atoms with Gasteiger partial charge in [0.2, 0.25) is 0 Å². The van der Waals surface area contributed by atoms with Crippen molar-refractivity contribution in [1.29, 1.82) is 0 Å². The van der Waals surface area contributed by atoms with Crippen LogP contribution in [0.1, 0.15) is 10.4 Å². The molecular formula is C10H10O7S. The van der Waals surface area contributed by atoms with Crippen LogP contribution >= 0.6 is 0 Å². The SMILES string of the molecule is O=C(OS(=O)(=O)C1OCOCO1)c1ccccc1. The van der Waals surface area contributed by atoms with Crippen molar-refractivity contribution in [1.82, 2.24) is 0 Å². The van der Waals surface area contributed by atoms with Crippen LogP contribution in [0.15, 0.2) is 30.3 Å². The van der Waals surface area contributed by atoms with Crippen LogP contribution in [0, 0.1) is 0 Å². The second kappa shape index (κ2) is 5.44. The molecular weight excluding hydrogens is 264 g/mol. The van der Waals surface area contributed by atoms with Crippen molar-refractivity contribution in [2.45, 2.75) is 5.62 Å². The quantitative estimate of drug-likeness (QED) is 0.739. The largest absolute Gasteiger partial charge is 0.366 e. The first-order valence-electron chi connectivity index (χ1n) is 4.93. The van der Waals surface area contributed by atoms with Gasteiger partial charge in [0.25, 0.3) is 0 Å². The number of hydrogen-bond donors (Lipinski definition) is 0. The lowest BCUT2D eigenvalue weighted by atomic mass is 10.2. The summed E-state index contributed by atoms with van der Waals surface area (Å²) in [4.78, 5) is 11.6. The fourth-order valence-electron chi connectivity index (χ4n) is 1.22. The minimum atomic E-state index is -4.30. The summed E-state index contributed by atoms with van der Waals surface area (Å²) in [5, 5.41) is 0. The zero-order valence-electron chi connectivity index (χ0n) is 9.14. The molecule has 0 bridgehead atoms. The maximum absolute atomic E-state index is 11.6. The van der Waals surface area contributed by atoms with Gasteiger partial charge in [0.15, 0.2) is 13.6 Å². The van der Waals surface area contributed by atoms with Crippen molar-refractivity contribution in [3.8, 4) is 0 Å². The first-order valence-corrected chi connectivity index (χ1v) is 6.40. The molecule has 0 unspecified atom stereocenters. The highest BCUT2D eigenvalue weighted by Crippen LogP contribution is 2.14. The highest BCUT2D eigenvalue weighted by molar-refractivity contribution is 7.87. The van der Waals surface area contributed by atoms with Gasteiger partial charge in [-0.25, -0.2) is 4.79 Å². The van der Waals surface area contributed by atoms with E-state index in [2.05, 4.69) is 18.4 Å². The molecule has 1 aliphatic rings. The highest BCUT2D eigenvalue weighted by atomic mass is 32.2. The number of carbonyl (C=O) groups is 1. The van der Waals surface area contributed by atoms with Crippen molar-refractivity contribution in [3.63, 3.8) is 0 Å². The Morgan fingerprint density at radius 3 is 2.39 bits per heavy atom. The fourth-order valence-corrected chi connectivity index (χ4v) is 2.05. The number of rotatable bonds is 3. The van der Waals surface area contributed by atoms with Gasteiger partial charge in [-0.1, -0.05) is 18.2 Å².